The summed E-state index contributed by atoms with van der Waals surface area (Å²) in [5.74, 6) is -0.0861. The second-order valence-corrected chi connectivity index (χ2v) is 4.66. The third kappa shape index (κ3) is 2.65. The summed E-state index contributed by atoms with van der Waals surface area (Å²) in [6.07, 6.45) is -0.117. The topological polar surface area (TPSA) is 70.3 Å². The molecule has 0 spiro atoms. The van der Waals surface area contributed by atoms with Crippen LogP contribution < -0.4 is 16.0 Å². The van der Waals surface area contributed by atoms with Crippen LogP contribution in [0.1, 0.15) is 15.9 Å². The lowest BCUT2D eigenvalue weighted by molar-refractivity contribution is 0.0991. The van der Waals surface area contributed by atoms with E-state index < -0.39 is 11.2 Å². The van der Waals surface area contributed by atoms with Crippen molar-refractivity contribution in [3.05, 3.63) is 62.3 Å². The fraction of sp³-hybridized carbons (Fsp3) is 0.267. The third-order valence-electron chi connectivity index (χ3n) is 3.33. The summed E-state index contributed by atoms with van der Waals surface area (Å²) in [4.78, 5) is 36.3. The summed E-state index contributed by atoms with van der Waals surface area (Å²) in [7, 11) is 4.24. The number of carbonyl (C=O) groups excluding carboxylic acids is 1. The van der Waals surface area contributed by atoms with Gasteiger partial charge in [-0.05, 0) is 0 Å². The van der Waals surface area contributed by atoms with E-state index in [9.17, 15) is 14.4 Å². The van der Waals surface area contributed by atoms with E-state index in [4.69, 9.17) is 4.74 Å². The summed E-state index contributed by atoms with van der Waals surface area (Å²) in [6, 6.07) is 8.68. The van der Waals surface area contributed by atoms with Gasteiger partial charge in [0, 0.05) is 26.1 Å². The second-order valence-electron chi connectivity index (χ2n) is 4.66. The van der Waals surface area contributed by atoms with Gasteiger partial charge in [0.2, 0.25) is 5.88 Å². The SMILES string of the molecule is COc1c(CC(=O)c2ccccc2)c(=O)n(C)c(=O)n1C. The highest BCUT2D eigenvalue weighted by molar-refractivity contribution is 5.97. The van der Waals surface area contributed by atoms with Crippen LogP contribution in [0.4, 0.5) is 0 Å². The number of rotatable bonds is 4. The van der Waals surface area contributed by atoms with Gasteiger partial charge >= 0.3 is 5.69 Å². The lowest BCUT2D eigenvalue weighted by atomic mass is 10.0. The fourth-order valence-electron chi connectivity index (χ4n) is 2.19. The number of nitrogens with zero attached hydrogens (tertiary/aromatic N) is 2. The standard InChI is InChI=1S/C15H16N2O4/c1-16-13(19)11(14(21-3)17(2)15(16)20)9-12(18)10-7-5-4-6-8-10/h4-8H,9H2,1-3H3. The molecule has 110 valence electrons. The largest absolute Gasteiger partial charge is 0.482 e. The molecule has 0 atom stereocenters. The summed E-state index contributed by atoms with van der Waals surface area (Å²) in [6.45, 7) is 0. The van der Waals surface area contributed by atoms with E-state index >= 15 is 0 Å². The number of hydrogen-bond acceptors (Lipinski definition) is 4. The molecular weight excluding hydrogens is 272 g/mol. The normalized spacial score (nSPS) is 10.4. The zero-order chi connectivity index (χ0) is 15.6. The Bertz CT molecular complexity index is 788. The highest BCUT2D eigenvalue weighted by atomic mass is 16.5. The first-order chi connectivity index (χ1) is 9.97. The molecule has 0 aliphatic rings. The monoisotopic (exact) mass is 288 g/mol. The van der Waals surface area contributed by atoms with Crippen LogP contribution in [0, 0.1) is 0 Å². The first-order valence-corrected chi connectivity index (χ1v) is 6.38. The molecule has 0 fully saturated rings. The molecule has 21 heavy (non-hydrogen) atoms. The molecule has 0 radical (unpaired) electrons. The van der Waals surface area contributed by atoms with Crippen LogP contribution >= 0.6 is 0 Å². The molecule has 2 aromatic rings. The molecule has 6 heteroatoms. The highest BCUT2D eigenvalue weighted by Crippen LogP contribution is 2.14. The Hall–Kier alpha value is -2.63. The zero-order valence-corrected chi connectivity index (χ0v) is 12.1. The fourth-order valence-corrected chi connectivity index (χ4v) is 2.19. The quantitative estimate of drug-likeness (QED) is 0.769. The number of Topliss-reactive ketones (excluding diaryl/α,β-unsaturated/α-hetero) is 1. The minimum absolute atomic E-state index is 0.117. The molecule has 1 heterocycles. The number of aromatic nitrogens is 2. The van der Waals surface area contributed by atoms with Gasteiger partial charge in [-0.1, -0.05) is 30.3 Å². The van der Waals surface area contributed by atoms with Crippen molar-refractivity contribution in [2.45, 2.75) is 6.42 Å². The molecular formula is C15H16N2O4. The van der Waals surface area contributed by atoms with E-state index in [2.05, 4.69) is 0 Å². The van der Waals surface area contributed by atoms with E-state index in [1.165, 1.54) is 25.8 Å². The van der Waals surface area contributed by atoms with Gasteiger partial charge in [-0.15, -0.1) is 0 Å². The van der Waals surface area contributed by atoms with E-state index in [1.807, 2.05) is 6.07 Å². The Labute approximate surface area is 121 Å². The Morgan fingerprint density at radius 2 is 1.71 bits per heavy atom. The van der Waals surface area contributed by atoms with Crippen LogP contribution in [0.3, 0.4) is 0 Å². The molecule has 0 amide bonds. The number of ketones is 1. The summed E-state index contributed by atoms with van der Waals surface area (Å²) >= 11 is 0. The van der Waals surface area contributed by atoms with Crippen molar-refractivity contribution in [3.63, 3.8) is 0 Å². The van der Waals surface area contributed by atoms with Crippen molar-refractivity contribution in [1.82, 2.24) is 9.13 Å². The molecule has 6 nitrogen and oxygen atoms in total. The second kappa shape index (κ2) is 5.78. The highest BCUT2D eigenvalue weighted by Gasteiger charge is 2.19. The average molecular weight is 288 g/mol. The van der Waals surface area contributed by atoms with Gasteiger partial charge < -0.3 is 4.74 Å². The number of hydrogen-bond donors (Lipinski definition) is 0. The maximum atomic E-state index is 12.3. The number of ether oxygens (including phenoxy) is 1. The smallest absolute Gasteiger partial charge is 0.333 e. The lowest BCUT2D eigenvalue weighted by Gasteiger charge is -2.13. The molecule has 0 aliphatic carbocycles. The minimum atomic E-state index is -0.515. The van der Waals surface area contributed by atoms with Crippen LogP contribution in [0.25, 0.3) is 0 Å². The average Bonchev–Trinajstić information content (AvgIpc) is 2.51. The van der Waals surface area contributed by atoms with Crippen molar-refractivity contribution >= 4 is 5.78 Å². The van der Waals surface area contributed by atoms with Crippen molar-refractivity contribution < 1.29 is 9.53 Å². The molecule has 0 saturated heterocycles. The first-order valence-electron chi connectivity index (χ1n) is 6.38. The van der Waals surface area contributed by atoms with Crippen molar-refractivity contribution in [3.8, 4) is 5.88 Å². The van der Waals surface area contributed by atoms with Crippen LogP contribution in [-0.2, 0) is 20.5 Å². The Balaban J connectivity index is 2.53. The predicted molar refractivity (Wildman–Crippen MR) is 78.0 cm³/mol. The molecule has 0 aliphatic heterocycles. The Morgan fingerprint density at radius 3 is 2.29 bits per heavy atom. The van der Waals surface area contributed by atoms with Crippen LogP contribution in [0.5, 0.6) is 5.88 Å². The van der Waals surface area contributed by atoms with Crippen molar-refractivity contribution in [2.75, 3.05) is 7.11 Å². The van der Waals surface area contributed by atoms with Gasteiger partial charge in [-0.3, -0.25) is 18.7 Å². The van der Waals surface area contributed by atoms with Crippen LogP contribution in [0.2, 0.25) is 0 Å². The van der Waals surface area contributed by atoms with Crippen LogP contribution in [0.15, 0.2) is 39.9 Å². The number of carbonyl (C=O) groups is 1. The van der Waals surface area contributed by atoms with Gasteiger partial charge in [0.1, 0.15) is 0 Å². The maximum Gasteiger partial charge on any atom is 0.333 e. The summed E-state index contributed by atoms with van der Waals surface area (Å²) in [5.41, 5.74) is -0.321. The molecule has 1 aromatic carbocycles. The van der Waals surface area contributed by atoms with Gasteiger partial charge in [-0.2, -0.15) is 0 Å². The van der Waals surface area contributed by atoms with E-state index in [-0.39, 0.29) is 23.6 Å². The minimum Gasteiger partial charge on any atom is -0.482 e. The Morgan fingerprint density at radius 1 is 1.10 bits per heavy atom. The predicted octanol–water partition coefficient (Wildman–Crippen LogP) is 0.518. The summed E-state index contributed by atoms with van der Waals surface area (Å²) < 4.78 is 7.31. The van der Waals surface area contributed by atoms with E-state index in [0.717, 1.165) is 4.57 Å². The van der Waals surface area contributed by atoms with Gasteiger partial charge in [0.15, 0.2) is 5.78 Å². The van der Waals surface area contributed by atoms with Gasteiger partial charge in [0.05, 0.1) is 12.7 Å². The molecule has 0 bridgehead atoms. The molecule has 0 saturated carbocycles. The zero-order valence-electron chi connectivity index (χ0n) is 12.1. The Kier molecular flexibility index (Phi) is 4.07. The van der Waals surface area contributed by atoms with Gasteiger partial charge in [0.25, 0.3) is 5.56 Å². The van der Waals surface area contributed by atoms with E-state index in [1.54, 1.807) is 24.3 Å². The first kappa shape index (κ1) is 14.8. The number of benzene rings is 1. The molecule has 0 N–H and O–H groups in total. The van der Waals surface area contributed by atoms with Gasteiger partial charge in [-0.25, -0.2) is 4.79 Å². The van der Waals surface area contributed by atoms with Crippen LogP contribution in [-0.4, -0.2) is 22.0 Å². The van der Waals surface area contributed by atoms with Crippen molar-refractivity contribution in [2.24, 2.45) is 14.1 Å². The molecule has 1 aromatic heterocycles. The molecule has 2 rings (SSSR count). The lowest BCUT2D eigenvalue weighted by Crippen LogP contribution is -2.40. The van der Waals surface area contributed by atoms with E-state index in [0.29, 0.717) is 5.56 Å². The summed E-state index contributed by atoms with van der Waals surface area (Å²) in [5, 5.41) is 0. The maximum absolute atomic E-state index is 12.3. The number of methoxy groups -OCH3 is 1. The third-order valence-corrected chi connectivity index (χ3v) is 3.33. The molecule has 0 unspecified atom stereocenters. The van der Waals surface area contributed by atoms with Crippen molar-refractivity contribution in [1.29, 1.82) is 0 Å².